The summed E-state index contributed by atoms with van der Waals surface area (Å²) >= 11 is 0. The van der Waals surface area contributed by atoms with E-state index in [9.17, 15) is 0 Å². The van der Waals surface area contributed by atoms with E-state index in [2.05, 4.69) is 57.5 Å². The molecule has 1 saturated heterocycles. The lowest BCUT2D eigenvalue weighted by molar-refractivity contribution is 0.0398. The average Bonchev–Trinajstić information content (AvgIpc) is 2.65. The lowest BCUT2D eigenvalue weighted by Gasteiger charge is -2.26. The molecule has 2 heterocycles. The number of hydrogen-bond acceptors (Lipinski definition) is 6. The number of anilines is 3. The molecule has 0 atom stereocenters. The van der Waals surface area contributed by atoms with Crippen LogP contribution in [0.1, 0.15) is 18.1 Å². The van der Waals surface area contributed by atoms with Gasteiger partial charge in [-0.25, -0.2) is 4.98 Å². The maximum absolute atomic E-state index is 5.37. The summed E-state index contributed by atoms with van der Waals surface area (Å²) in [5.74, 6) is 1.47. The average molecular weight is 341 g/mol. The fourth-order valence-corrected chi connectivity index (χ4v) is 3.00. The van der Waals surface area contributed by atoms with Gasteiger partial charge in [0.05, 0.1) is 13.2 Å². The van der Waals surface area contributed by atoms with E-state index in [-0.39, 0.29) is 0 Å². The molecule has 0 spiro atoms. The van der Waals surface area contributed by atoms with E-state index in [0.29, 0.717) is 5.95 Å². The van der Waals surface area contributed by atoms with Crippen molar-refractivity contribution in [1.82, 2.24) is 14.9 Å². The van der Waals surface area contributed by atoms with Gasteiger partial charge in [0.25, 0.3) is 0 Å². The van der Waals surface area contributed by atoms with E-state index in [4.69, 9.17) is 4.74 Å². The van der Waals surface area contributed by atoms with E-state index in [1.807, 2.05) is 6.07 Å². The van der Waals surface area contributed by atoms with Gasteiger partial charge in [0.2, 0.25) is 5.95 Å². The molecule has 0 saturated carbocycles. The van der Waals surface area contributed by atoms with Gasteiger partial charge in [0.1, 0.15) is 5.82 Å². The van der Waals surface area contributed by atoms with Crippen LogP contribution in [0.5, 0.6) is 0 Å². The number of aryl methyl sites for hydroxylation is 2. The van der Waals surface area contributed by atoms with Crippen molar-refractivity contribution in [2.75, 3.05) is 50.0 Å². The Hall–Kier alpha value is -2.18. The monoisotopic (exact) mass is 341 g/mol. The number of morpholine rings is 1. The first-order chi connectivity index (χ1) is 12.3. The fraction of sp³-hybridized carbons (Fsp3) is 0.474. The molecule has 6 heteroatoms. The molecule has 1 aromatic heterocycles. The van der Waals surface area contributed by atoms with Crippen LogP contribution in [0.2, 0.25) is 0 Å². The molecule has 0 amide bonds. The van der Waals surface area contributed by atoms with Crippen molar-refractivity contribution in [2.24, 2.45) is 0 Å². The predicted molar refractivity (Wildman–Crippen MR) is 102 cm³/mol. The zero-order valence-corrected chi connectivity index (χ0v) is 15.1. The normalized spacial score (nSPS) is 15.1. The molecule has 2 aromatic rings. The summed E-state index contributed by atoms with van der Waals surface area (Å²) in [6, 6.07) is 8.23. The van der Waals surface area contributed by atoms with Crippen molar-refractivity contribution in [2.45, 2.75) is 20.3 Å². The molecular formula is C19H27N5O. The van der Waals surface area contributed by atoms with Crippen molar-refractivity contribution < 1.29 is 4.74 Å². The number of hydrogen-bond donors (Lipinski definition) is 2. The van der Waals surface area contributed by atoms with Crippen molar-refractivity contribution in [1.29, 1.82) is 0 Å². The first kappa shape index (κ1) is 17.6. The van der Waals surface area contributed by atoms with Gasteiger partial charge in [-0.05, 0) is 30.5 Å². The van der Waals surface area contributed by atoms with Gasteiger partial charge in [-0.15, -0.1) is 0 Å². The number of benzene rings is 1. The van der Waals surface area contributed by atoms with E-state index < -0.39 is 0 Å². The Labute approximate surface area is 149 Å². The summed E-state index contributed by atoms with van der Waals surface area (Å²) in [6.45, 7) is 9.79. The summed E-state index contributed by atoms with van der Waals surface area (Å²) in [5, 5.41) is 6.77. The third-order valence-electron chi connectivity index (χ3n) is 4.47. The van der Waals surface area contributed by atoms with Gasteiger partial charge in [0, 0.05) is 38.1 Å². The molecule has 2 N–H and O–H groups in total. The lowest BCUT2D eigenvalue weighted by atomic mass is 10.1. The number of nitrogens with one attached hydrogen (secondary N) is 2. The Bertz CT molecular complexity index is 685. The first-order valence-electron chi connectivity index (χ1n) is 8.99. The second-order valence-electron chi connectivity index (χ2n) is 6.23. The van der Waals surface area contributed by atoms with Crippen molar-refractivity contribution in [3.05, 3.63) is 41.6 Å². The van der Waals surface area contributed by atoms with Gasteiger partial charge in [-0.2, -0.15) is 4.98 Å². The maximum atomic E-state index is 5.37. The smallest absolute Gasteiger partial charge is 0.229 e. The zero-order chi connectivity index (χ0) is 17.5. The molecule has 1 fully saturated rings. The van der Waals surface area contributed by atoms with Crippen LogP contribution in [-0.4, -0.2) is 54.3 Å². The number of nitrogens with zero attached hydrogens (tertiary/aromatic N) is 3. The summed E-state index contributed by atoms with van der Waals surface area (Å²) in [6.07, 6.45) is 2.76. The van der Waals surface area contributed by atoms with Gasteiger partial charge < -0.3 is 15.4 Å². The molecule has 0 bridgehead atoms. The first-order valence-corrected chi connectivity index (χ1v) is 8.99. The molecule has 1 aliphatic rings. The fourth-order valence-electron chi connectivity index (χ4n) is 3.00. The molecule has 134 valence electrons. The van der Waals surface area contributed by atoms with Crippen molar-refractivity contribution >= 4 is 17.5 Å². The minimum atomic E-state index is 0.625. The SMILES string of the molecule is CCc1cccc(C)c1Nc1nccc(NCCN2CCOCC2)n1. The van der Waals surface area contributed by atoms with E-state index >= 15 is 0 Å². The van der Waals surface area contributed by atoms with Gasteiger partial charge in [0.15, 0.2) is 0 Å². The van der Waals surface area contributed by atoms with Crippen LogP contribution in [-0.2, 0) is 11.2 Å². The predicted octanol–water partition coefficient (Wildman–Crippen LogP) is 2.84. The maximum Gasteiger partial charge on any atom is 0.229 e. The topological polar surface area (TPSA) is 62.3 Å². The Kier molecular flexibility index (Phi) is 6.19. The molecule has 1 aliphatic heterocycles. The highest BCUT2D eigenvalue weighted by Crippen LogP contribution is 2.24. The van der Waals surface area contributed by atoms with E-state index in [1.165, 1.54) is 11.1 Å². The largest absolute Gasteiger partial charge is 0.379 e. The second-order valence-corrected chi connectivity index (χ2v) is 6.23. The standard InChI is InChI=1S/C19H27N5O/c1-3-16-6-4-5-15(2)18(16)23-19-21-8-7-17(22-19)20-9-10-24-11-13-25-14-12-24/h4-8H,3,9-14H2,1-2H3,(H2,20,21,22,23). The summed E-state index contributed by atoms with van der Waals surface area (Å²) in [4.78, 5) is 11.4. The minimum Gasteiger partial charge on any atom is -0.379 e. The second kappa shape index (κ2) is 8.78. The molecule has 25 heavy (non-hydrogen) atoms. The lowest BCUT2D eigenvalue weighted by Crippen LogP contribution is -2.39. The molecule has 0 aliphatic carbocycles. The van der Waals surface area contributed by atoms with E-state index in [0.717, 1.165) is 57.3 Å². The van der Waals surface area contributed by atoms with Gasteiger partial charge >= 0.3 is 0 Å². The van der Waals surface area contributed by atoms with Crippen LogP contribution in [0.4, 0.5) is 17.5 Å². The van der Waals surface area contributed by atoms with Crippen LogP contribution in [0.3, 0.4) is 0 Å². The Morgan fingerprint density at radius 2 is 2.04 bits per heavy atom. The molecule has 6 nitrogen and oxygen atoms in total. The minimum absolute atomic E-state index is 0.625. The van der Waals surface area contributed by atoms with Crippen LogP contribution >= 0.6 is 0 Å². The zero-order valence-electron chi connectivity index (χ0n) is 15.1. The van der Waals surface area contributed by atoms with Crippen LogP contribution in [0.15, 0.2) is 30.5 Å². The number of rotatable bonds is 7. The molecule has 0 radical (unpaired) electrons. The summed E-state index contributed by atoms with van der Waals surface area (Å²) < 4.78 is 5.37. The van der Waals surface area contributed by atoms with Crippen molar-refractivity contribution in [3.8, 4) is 0 Å². The Morgan fingerprint density at radius 1 is 1.20 bits per heavy atom. The molecular weight excluding hydrogens is 314 g/mol. The number of para-hydroxylation sites is 1. The third-order valence-corrected chi connectivity index (χ3v) is 4.47. The van der Waals surface area contributed by atoms with Crippen LogP contribution in [0.25, 0.3) is 0 Å². The number of aromatic nitrogens is 2. The highest BCUT2D eigenvalue weighted by atomic mass is 16.5. The van der Waals surface area contributed by atoms with Crippen LogP contribution < -0.4 is 10.6 Å². The highest BCUT2D eigenvalue weighted by Gasteiger charge is 2.10. The molecule has 3 rings (SSSR count). The van der Waals surface area contributed by atoms with Crippen molar-refractivity contribution in [3.63, 3.8) is 0 Å². The summed E-state index contributed by atoms with van der Waals surface area (Å²) in [5.41, 5.74) is 3.58. The van der Waals surface area contributed by atoms with Gasteiger partial charge in [-0.3, -0.25) is 4.90 Å². The van der Waals surface area contributed by atoms with Gasteiger partial charge in [-0.1, -0.05) is 25.1 Å². The highest BCUT2D eigenvalue weighted by molar-refractivity contribution is 5.63. The molecule has 1 aromatic carbocycles. The number of ether oxygens (including phenoxy) is 1. The Balaban J connectivity index is 1.60. The third kappa shape index (κ3) is 4.90. The quantitative estimate of drug-likeness (QED) is 0.807. The molecule has 0 unspecified atom stereocenters. The van der Waals surface area contributed by atoms with E-state index in [1.54, 1.807) is 6.20 Å². The Morgan fingerprint density at radius 3 is 2.84 bits per heavy atom. The van der Waals surface area contributed by atoms with Crippen LogP contribution in [0, 0.1) is 6.92 Å². The summed E-state index contributed by atoms with van der Waals surface area (Å²) in [7, 11) is 0.